The average Bonchev–Trinajstić information content (AvgIpc) is 1.98. The Morgan fingerprint density at radius 2 is 1.64 bits per heavy atom. The van der Waals surface area contributed by atoms with Crippen molar-refractivity contribution in [2.24, 2.45) is 17.8 Å². The molecule has 4 fully saturated rings. The molecule has 0 nitrogen and oxygen atoms in total. The van der Waals surface area contributed by atoms with Gasteiger partial charge in [0.1, 0.15) is 6.17 Å². The van der Waals surface area contributed by atoms with Crippen LogP contribution < -0.4 is 0 Å². The lowest BCUT2D eigenvalue weighted by molar-refractivity contribution is 0.0226. The standard InChI is InChI=1S/C10H14F/c11-10-8-2-6-1-7(4-8)5-9(10)3-6/h6-8,10H,1-5H2. The van der Waals surface area contributed by atoms with E-state index in [-0.39, 0.29) is 0 Å². The first-order chi connectivity index (χ1) is 5.33. The van der Waals surface area contributed by atoms with Gasteiger partial charge in [0.2, 0.25) is 0 Å². The number of alkyl halides is 1. The number of hydrogen-bond donors (Lipinski definition) is 0. The van der Waals surface area contributed by atoms with E-state index < -0.39 is 6.17 Å². The molecule has 4 saturated carbocycles. The molecule has 0 saturated heterocycles. The van der Waals surface area contributed by atoms with E-state index in [1.54, 1.807) is 0 Å². The fraction of sp³-hybridized carbons (Fsp3) is 0.900. The van der Waals surface area contributed by atoms with Crippen LogP contribution in [0.3, 0.4) is 0 Å². The van der Waals surface area contributed by atoms with E-state index in [2.05, 4.69) is 0 Å². The summed E-state index contributed by atoms with van der Waals surface area (Å²) in [5.74, 6) is 3.48. The Hall–Kier alpha value is -0.0700. The number of rotatable bonds is 0. The van der Waals surface area contributed by atoms with Crippen molar-refractivity contribution in [1.29, 1.82) is 0 Å². The average molecular weight is 153 g/mol. The van der Waals surface area contributed by atoms with Gasteiger partial charge in [-0.3, -0.25) is 0 Å². The van der Waals surface area contributed by atoms with Crippen molar-refractivity contribution in [2.75, 3.05) is 0 Å². The Bertz CT molecular complexity index is 148. The molecule has 0 aromatic rings. The quantitative estimate of drug-likeness (QED) is 0.502. The van der Waals surface area contributed by atoms with Crippen LogP contribution in [0.1, 0.15) is 32.1 Å². The first kappa shape index (κ1) is 6.45. The minimum atomic E-state index is -0.497. The molecule has 0 amide bonds. The lowest BCUT2D eigenvalue weighted by Gasteiger charge is -2.51. The summed E-state index contributed by atoms with van der Waals surface area (Å²) >= 11 is 0. The monoisotopic (exact) mass is 153 g/mol. The summed E-state index contributed by atoms with van der Waals surface area (Å²) in [7, 11) is 0. The highest BCUT2D eigenvalue weighted by atomic mass is 19.1. The second kappa shape index (κ2) is 1.99. The van der Waals surface area contributed by atoms with Gasteiger partial charge in [0, 0.05) is 5.92 Å². The van der Waals surface area contributed by atoms with Crippen LogP contribution in [0.25, 0.3) is 0 Å². The zero-order chi connectivity index (χ0) is 7.42. The zero-order valence-corrected chi connectivity index (χ0v) is 6.72. The normalized spacial score (nSPS) is 55.4. The van der Waals surface area contributed by atoms with E-state index in [1.165, 1.54) is 25.2 Å². The van der Waals surface area contributed by atoms with Crippen LogP contribution in [0.2, 0.25) is 0 Å². The van der Waals surface area contributed by atoms with Crippen molar-refractivity contribution >= 4 is 0 Å². The summed E-state index contributed by atoms with van der Waals surface area (Å²) in [4.78, 5) is 0. The largest absolute Gasteiger partial charge is 0.247 e. The van der Waals surface area contributed by atoms with Crippen molar-refractivity contribution < 1.29 is 4.39 Å². The maximum atomic E-state index is 13.4. The number of halogens is 1. The lowest BCUT2D eigenvalue weighted by Crippen LogP contribution is -2.45. The van der Waals surface area contributed by atoms with Crippen molar-refractivity contribution in [2.45, 2.75) is 38.3 Å². The number of hydrogen-bond acceptors (Lipinski definition) is 0. The molecular weight excluding hydrogens is 139 g/mol. The van der Waals surface area contributed by atoms with Gasteiger partial charge < -0.3 is 0 Å². The van der Waals surface area contributed by atoms with Crippen LogP contribution in [-0.2, 0) is 0 Å². The van der Waals surface area contributed by atoms with E-state index in [0.29, 0.717) is 5.92 Å². The van der Waals surface area contributed by atoms with E-state index in [0.717, 1.165) is 24.7 Å². The molecule has 11 heavy (non-hydrogen) atoms. The van der Waals surface area contributed by atoms with E-state index in [1.807, 2.05) is 0 Å². The molecule has 0 N–H and O–H groups in total. The summed E-state index contributed by atoms with van der Waals surface area (Å²) in [5.41, 5.74) is 0. The smallest absolute Gasteiger partial charge is 0.109 e. The van der Waals surface area contributed by atoms with Crippen molar-refractivity contribution in [1.82, 2.24) is 0 Å². The molecule has 0 spiro atoms. The third-order valence-electron chi connectivity index (χ3n) is 3.84. The first-order valence-corrected chi connectivity index (χ1v) is 4.81. The molecule has 4 bridgehead atoms. The molecule has 3 unspecified atom stereocenters. The Labute approximate surface area is 67.2 Å². The minimum Gasteiger partial charge on any atom is -0.247 e. The van der Waals surface area contributed by atoms with Gasteiger partial charge in [-0.1, -0.05) is 0 Å². The predicted octanol–water partition coefficient (Wildman–Crippen LogP) is 2.74. The molecule has 1 heteroatoms. The highest BCUT2D eigenvalue weighted by molar-refractivity contribution is 5.14. The fourth-order valence-corrected chi connectivity index (χ4v) is 3.57. The molecule has 0 aliphatic heterocycles. The van der Waals surface area contributed by atoms with Gasteiger partial charge in [0.05, 0.1) is 0 Å². The minimum absolute atomic E-state index is 0.441. The molecule has 4 aliphatic carbocycles. The third kappa shape index (κ3) is 0.800. The molecule has 3 atom stereocenters. The first-order valence-electron chi connectivity index (χ1n) is 4.81. The van der Waals surface area contributed by atoms with Crippen LogP contribution in [-0.4, -0.2) is 6.17 Å². The van der Waals surface area contributed by atoms with E-state index in [9.17, 15) is 4.39 Å². The van der Waals surface area contributed by atoms with Gasteiger partial charge in [-0.05, 0) is 49.9 Å². The summed E-state index contributed by atoms with van der Waals surface area (Å²) < 4.78 is 13.4. The Morgan fingerprint density at radius 3 is 2.18 bits per heavy atom. The van der Waals surface area contributed by atoms with Crippen molar-refractivity contribution in [3.8, 4) is 0 Å². The van der Waals surface area contributed by atoms with Gasteiger partial charge in [-0.15, -0.1) is 0 Å². The van der Waals surface area contributed by atoms with Gasteiger partial charge in [0.15, 0.2) is 0 Å². The molecule has 1 radical (unpaired) electrons. The zero-order valence-electron chi connectivity index (χ0n) is 6.72. The van der Waals surface area contributed by atoms with Gasteiger partial charge >= 0.3 is 0 Å². The molecule has 0 heterocycles. The molecule has 0 aromatic carbocycles. The second-order valence-corrected chi connectivity index (χ2v) is 4.67. The Kier molecular flexibility index (Phi) is 1.17. The van der Waals surface area contributed by atoms with Gasteiger partial charge in [-0.25, -0.2) is 4.39 Å². The van der Waals surface area contributed by atoms with Crippen LogP contribution in [0, 0.1) is 23.7 Å². The predicted molar refractivity (Wildman–Crippen MR) is 41.7 cm³/mol. The maximum Gasteiger partial charge on any atom is 0.109 e. The van der Waals surface area contributed by atoms with Crippen LogP contribution in [0.15, 0.2) is 0 Å². The molecule has 61 valence electrons. The Balaban J connectivity index is 1.91. The molecule has 0 aromatic heterocycles. The van der Waals surface area contributed by atoms with E-state index >= 15 is 0 Å². The summed E-state index contributed by atoms with van der Waals surface area (Å²) in [5, 5.41) is 0. The highest BCUT2D eigenvalue weighted by Crippen LogP contribution is 2.55. The van der Waals surface area contributed by atoms with Crippen LogP contribution >= 0.6 is 0 Å². The lowest BCUT2D eigenvalue weighted by atomic mass is 9.55. The van der Waals surface area contributed by atoms with Gasteiger partial charge in [0.25, 0.3) is 0 Å². The fourth-order valence-electron chi connectivity index (χ4n) is 3.57. The molecule has 4 rings (SSSR count). The molecule has 4 aliphatic rings. The molecular formula is C10H14F. The maximum absolute atomic E-state index is 13.4. The SMILES string of the molecule is FC1[C]2CC3CC(C2)CC1C3. The van der Waals surface area contributed by atoms with Crippen molar-refractivity contribution in [3.05, 3.63) is 5.92 Å². The second-order valence-electron chi connectivity index (χ2n) is 4.67. The van der Waals surface area contributed by atoms with Gasteiger partial charge in [-0.2, -0.15) is 0 Å². The van der Waals surface area contributed by atoms with E-state index in [4.69, 9.17) is 0 Å². The Morgan fingerprint density at radius 1 is 1.00 bits per heavy atom. The van der Waals surface area contributed by atoms with Crippen LogP contribution in [0.4, 0.5) is 4.39 Å². The third-order valence-corrected chi connectivity index (χ3v) is 3.84. The van der Waals surface area contributed by atoms with Crippen molar-refractivity contribution in [3.63, 3.8) is 0 Å². The highest BCUT2D eigenvalue weighted by Gasteiger charge is 2.48. The topological polar surface area (TPSA) is 0 Å². The summed E-state index contributed by atoms with van der Waals surface area (Å²) in [6.45, 7) is 0. The summed E-state index contributed by atoms with van der Waals surface area (Å²) in [6.07, 6.45) is 5.57. The van der Waals surface area contributed by atoms with Crippen LogP contribution in [0.5, 0.6) is 0 Å². The summed E-state index contributed by atoms with van der Waals surface area (Å²) in [6, 6.07) is 0.